The molecule has 3 heteroatoms. The van der Waals surface area contributed by atoms with E-state index in [-0.39, 0.29) is 0 Å². The normalized spacial score (nSPS) is 20.1. The van der Waals surface area contributed by atoms with E-state index in [1.54, 1.807) is 6.26 Å². The van der Waals surface area contributed by atoms with Crippen molar-refractivity contribution in [2.45, 2.75) is 43.5 Å². The van der Waals surface area contributed by atoms with Crippen molar-refractivity contribution in [3.63, 3.8) is 0 Å². The van der Waals surface area contributed by atoms with E-state index >= 15 is 0 Å². The Bertz CT molecular complexity index is 356. The van der Waals surface area contributed by atoms with Crippen molar-refractivity contribution < 1.29 is 4.42 Å². The van der Waals surface area contributed by atoms with Crippen LogP contribution < -0.4 is 5.32 Å². The van der Waals surface area contributed by atoms with Crippen molar-refractivity contribution in [1.29, 1.82) is 0 Å². The van der Waals surface area contributed by atoms with Gasteiger partial charge in [0.1, 0.15) is 5.76 Å². The molecule has 2 nitrogen and oxygen atoms in total. The quantitative estimate of drug-likeness (QED) is 0.593. The van der Waals surface area contributed by atoms with E-state index in [0.29, 0.717) is 0 Å². The Kier molecular flexibility index (Phi) is 3.48. The maximum Gasteiger partial charge on any atom is 0.114 e. The number of hydrogen-bond acceptors (Lipinski definition) is 3. The lowest BCUT2D eigenvalue weighted by Crippen LogP contribution is -2.34. The van der Waals surface area contributed by atoms with Crippen molar-refractivity contribution in [3.05, 3.63) is 18.1 Å². The van der Waals surface area contributed by atoms with E-state index in [0.717, 1.165) is 35.9 Å². The summed E-state index contributed by atoms with van der Waals surface area (Å²) in [4.78, 5) is 1.29. The van der Waals surface area contributed by atoms with Crippen LogP contribution in [0.25, 0.3) is 0 Å². The van der Waals surface area contributed by atoms with Crippen LogP contribution >= 0.6 is 11.8 Å². The molecule has 0 radical (unpaired) electrons. The second kappa shape index (κ2) is 5.07. The van der Waals surface area contributed by atoms with Gasteiger partial charge in [-0.05, 0) is 50.5 Å². The van der Waals surface area contributed by atoms with Crippen LogP contribution in [-0.4, -0.2) is 18.3 Å². The van der Waals surface area contributed by atoms with Crippen LogP contribution in [0.4, 0.5) is 0 Å². The lowest BCUT2D eigenvalue weighted by molar-refractivity contribution is 0.429. The molecule has 2 aliphatic carbocycles. The molecule has 0 saturated heterocycles. The summed E-state index contributed by atoms with van der Waals surface area (Å²) in [6.45, 7) is 3.17. The minimum Gasteiger partial charge on any atom is -0.468 e. The van der Waals surface area contributed by atoms with Gasteiger partial charge >= 0.3 is 0 Å². The first-order valence-electron chi connectivity index (χ1n) is 6.75. The Morgan fingerprint density at radius 1 is 1.35 bits per heavy atom. The molecule has 2 fully saturated rings. The number of rotatable bonds is 7. The van der Waals surface area contributed by atoms with Crippen molar-refractivity contribution in [2.24, 2.45) is 11.8 Å². The van der Waals surface area contributed by atoms with Crippen molar-refractivity contribution in [2.75, 3.05) is 12.3 Å². The molecule has 0 unspecified atom stereocenters. The van der Waals surface area contributed by atoms with Gasteiger partial charge in [-0.2, -0.15) is 0 Å². The van der Waals surface area contributed by atoms with Crippen LogP contribution in [0.15, 0.2) is 21.6 Å². The standard InChI is InChI=1S/C14H21NOS/c1-10-13(6-8-16-10)17-9-7-15-14(11-2-3-11)12-4-5-12/h6,8,11-12,14-15H,2-5,7,9H2,1H3. The molecular formula is C14H21NOS. The summed E-state index contributed by atoms with van der Waals surface area (Å²) < 4.78 is 5.30. The zero-order valence-corrected chi connectivity index (χ0v) is 11.3. The lowest BCUT2D eigenvalue weighted by Gasteiger charge is -2.17. The van der Waals surface area contributed by atoms with Crippen LogP contribution in [0, 0.1) is 18.8 Å². The van der Waals surface area contributed by atoms with Crippen LogP contribution in [0.1, 0.15) is 31.4 Å². The van der Waals surface area contributed by atoms with Gasteiger partial charge in [-0.1, -0.05) is 0 Å². The highest BCUT2D eigenvalue weighted by molar-refractivity contribution is 7.99. The minimum atomic E-state index is 0.834. The molecule has 0 spiro atoms. The predicted molar refractivity (Wildman–Crippen MR) is 71.4 cm³/mol. The molecule has 1 aromatic rings. The summed E-state index contributed by atoms with van der Waals surface area (Å²) in [7, 11) is 0. The minimum absolute atomic E-state index is 0.834. The molecular weight excluding hydrogens is 230 g/mol. The molecule has 94 valence electrons. The summed E-state index contributed by atoms with van der Waals surface area (Å²) in [5.41, 5.74) is 0. The Morgan fingerprint density at radius 3 is 2.59 bits per heavy atom. The van der Waals surface area contributed by atoms with Gasteiger partial charge in [-0.15, -0.1) is 11.8 Å². The maximum absolute atomic E-state index is 5.30. The Morgan fingerprint density at radius 2 is 2.06 bits per heavy atom. The number of hydrogen-bond donors (Lipinski definition) is 1. The van der Waals surface area contributed by atoms with Crippen LogP contribution in [0.5, 0.6) is 0 Å². The van der Waals surface area contributed by atoms with Crippen LogP contribution in [0.3, 0.4) is 0 Å². The fourth-order valence-corrected chi connectivity index (χ4v) is 3.38. The van der Waals surface area contributed by atoms with Gasteiger partial charge < -0.3 is 9.73 Å². The van der Waals surface area contributed by atoms with Gasteiger partial charge in [0.2, 0.25) is 0 Å². The first-order valence-corrected chi connectivity index (χ1v) is 7.73. The maximum atomic E-state index is 5.30. The molecule has 2 saturated carbocycles. The van der Waals surface area contributed by atoms with E-state index in [1.165, 1.54) is 30.6 Å². The third kappa shape index (κ3) is 3.08. The van der Waals surface area contributed by atoms with Gasteiger partial charge in [0, 0.05) is 23.2 Å². The molecule has 1 aromatic heterocycles. The molecule has 0 amide bonds. The molecule has 1 heterocycles. The average Bonchev–Trinajstić information content (AvgIpc) is 3.21. The van der Waals surface area contributed by atoms with E-state index in [1.807, 2.05) is 18.7 Å². The first-order chi connectivity index (χ1) is 8.34. The Balaban J connectivity index is 1.38. The molecule has 17 heavy (non-hydrogen) atoms. The fourth-order valence-electron chi connectivity index (χ4n) is 2.54. The molecule has 0 bridgehead atoms. The van der Waals surface area contributed by atoms with E-state index < -0.39 is 0 Å². The summed E-state index contributed by atoms with van der Waals surface area (Å²) in [6.07, 6.45) is 7.62. The first kappa shape index (κ1) is 11.7. The SMILES string of the molecule is Cc1occc1SCCNC(C1CC1)C1CC1. The molecule has 1 N–H and O–H groups in total. The van der Waals surface area contributed by atoms with Gasteiger partial charge in [0.05, 0.1) is 6.26 Å². The zero-order valence-electron chi connectivity index (χ0n) is 10.4. The number of nitrogens with one attached hydrogen (secondary N) is 1. The summed E-state index contributed by atoms with van der Waals surface area (Å²) in [6, 6.07) is 2.90. The highest BCUT2D eigenvalue weighted by Gasteiger charge is 2.40. The number of thioether (sulfide) groups is 1. The molecule has 0 aromatic carbocycles. The predicted octanol–water partition coefficient (Wildman–Crippen LogP) is 3.46. The molecule has 3 rings (SSSR count). The fraction of sp³-hybridized carbons (Fsp3) is 0.714. The van der Waals surface area contributed by atoms with Crippen molar-refractivity contribution >= 4 is 11.8 Å². The van der Waals surface area contributed by atoms with E-state index in [9.17, 15) is 0 Å². The topological polar surface area (TPSA) is 25.2 Å². The third-order valence-electron chi connectivity index (χ3n) is 3.81. The van der Waals surface area contributed by atoms with Crippen molar-refractivity contribution in [1.82, 2.24) is 5.32 Å². The highest BCUT2D eigenvalue weighted by Crippen LogP contribution is 2.44. The summed E-state index contributed by atoms with van der Waals surface area (Å²) in [5, 5.41) is 3.77. The number of furan rings is 1. The summed E-state index contributed by atoms with van der Waals surface area (Å²) >= 11 is 1.90. The molecule has 0 aliphatic heterocycles. The molecule has 0 atom stereocenters. The molecule has 2 aliphatic rings. The smallest absolute Gasteiger partial charge is 0.114 e. The summed E-state index contributed by atoms with van der Waals surface area (Å²) in [5.74, 6) is 4.21. The van der Waals surface area contributed by atoms with Crippen molar-refractivity contribution in [3.8, 4) is 0 Å². The van der Waals surface area contributed by atoms with Gasteiger partial charge in [-0.25, -0.2) is 0 Å². The second-order valence-corrected chi connectivity index (χ2v) is 6.48. The van der Waals surface area contributed by atoms with Crippen LogP contribution in [-0.2, 0) is 0 Å². The third-order valence-corrected chi connectivity index (χ3v) is 4.95. The van der Waals surface area contributed by atoms with E-state index in [2.05, 4.69) is 11.4 Å². The monoisotopic (exact) mass is 251 g/mol. The second-order valence-electron chi connectivity index (χ2n) is 5.34. The van der Waals surface area contributed by atoms with Gasteiger partial charge in [0.25, 0.3) is 0 Å². The average molecular weight is 251 g/mol. The highest BCUT2D eigenvalue weighted by atomic mass is 32.2. The Hall–Kier alpha value is -0.410. The van der Waals surface area contributed by atoms with Crippen LogP contribution in [0.2, 0.25) is 0 Å². The van der Waals surface area contributed by atoms with Gasteiger partial charge in [-0.3, -0.25) is 0 Å². The zero-order chi connectivity index (χ0) is 11.7. The lowest BCUT2D eigenvalue weighted by atomic mass is 10.1. The Labute approximate surface area is 108 Å². The van der Waals surface area contributed by atoms with E-state index in [4.69, 9.17) is 4.42 Å². The largest absolute Gasteiger partial charge is 0.468 e. The number of aryl methyl sites for hydroxylation is 1. The van der Waals surface area contributed by atoms with Gasteiger partial charge in [0.15, 0.2) is 0 Å².